The summed E-state index contributed by atoms with van der Waals surface area (Å²) < 4.78 is 0. The van der Waals surface area contributed by atoms with Crippen molar-refractivity contribution < 1.29 is 4.79 Å². The first kappa shape index (κ1) is 16.0. The molecule has 0 spiro atoms. The summed E-state index contributed by atoms with van der Waals surface area (Å²) in [5.41, 5.74) is 3.42. The van der Waals surface area contributed by atoms with E-state index in [2.05, 4.69) is 25.2 Å². The van der Waals surface area contributed by atoms with Crippen molar-refractivity contribution in [1.29, 1.82) is 0 Å². The summed E-state index contributed by atoms with van der Waals surface area (Å²) in [5.74, 6) is 0.114. The molecule has 0 fully saturated rings. The Balaban J connectivity index is 1.64. The number of hydrogen-bond donors (Lipinski definition) is 1. The van der Waals surface area contributed by atoms with Gasteiger partial charge in [-0.05, 0) is 49.6 Å². The molecule has 23 heavy (non-hydrogen) atoms. The number of benzene rings is 2. The van der Waals surface area contributed by atoms with Gasteiger partial charge in [-0.25, -0.2) is 0 Å². The van der Waals surface area contributed by atoms with Crippen molar-refractivity contribution in [3.8, 4) is 0 Å². The fraction of sp³-hybridized carbons (Fsp3) is 0.316. The van der Waals surface area contributed by atoms with Crippen molar-refractivity contribution in [3.63, 3.8) is 0 Å². The lowest BCUT2D eigenvalue weighted by Gasteiger charge is -2.24. The van der Waals surface area contributed by atoms with Crippen LogP contribution in [0.3, 0.4) is 0 Å². The minimum absolute atomic E-state index is 0.101. The minimum atomic E-state index is 0.101. The summed E-state index contributed by atoms with van der Waals surface area (Å²) in [5, 5.41) is 4.03. The number of para-hydroxylation sites is 1. The Morgan fingerprint density at radius 1 is 1.26 bits per heavy atom. The number of amides is 1. The van der Waals surface area contributed by atoms with Gasteiger partial charge in [0, 0.05) is 22.8 Å². The van der Waals surface area contributed by atoms with Gasteiger partial charge in [0.2, 0.25) is 5.91 Å². The third-order valence-corrected chi connectivity index (χ3v) is 4.66. The second-order valence-corrected chi connectivity index (χ2v) is 6.54. The van der Waals surface area contributed by atoms with Crippen molar-refractivity contribution in [2.24, 2.45) is 0 Å². The molecule has 0 saturated carbocycles. The molecule has 3 nitrogen and oxygen atoms in total. The molecule has 0 radical (unpaired) electrons. The second kappa shape index (κ2) is 6.73. The van der Waals surface area contributed by atoms with Crippen LogP contribution in [0.2, 0.25) is 5.02 Å². The number of fused-ring (bicyclic) bond motifs is 1. The smallest absolute Gasteiger partial charge is 0.241 e. The number of nitrogens with one attached hydrogen (secondary N) is 1. The fourth-order valence-electron chi connectivity index (χ4n) is 3.14. The summed E-state index contributed by atoms with van der Waals surface area (Å²) in [6, 6.07) is 16.2. The molecule has 0 saturated heterocycles. The van der Waals surface area contributed by atoms with E-state index in [-0.39, 0.29) is 18.0 Å². The van der Waals surface area contributed by atoms with E-state index in [1.54, 1.807) is 0 Å². The Labute approximate surface area is 142 Å². The van der Waals surface area contributed by atoms with Gasteiger partial charge in [-0.15, -0.1) is 0 Å². The number of nitrogens with zero attached hydrogens (tertiary/aromatic N) is 1. The molecule has 2 atom stereocenters. The molecule has 120 valence electrons. The molecule has 1 N–H and O–H groups in total. The van der Waals surface area contributed by atoms with Gasteiger partial charge in [0.1, 0.15) is 0 Å². The summed E-state index contributed by atoms with van der Waals surface area (Å²) in [6.45, 7) is 4.47. The Kier molecular flexibility index (Phi) is 4.69. The largest absolute Gasteiger partial charge is 0.308 e. The molecular weight excluding hydrogens is 308 g/mol. The van der Waals surface area contributed by atoms with Crippen LogP contribution in [-0.4, -0.2) is 18.5 Å². The summed E-state index contributed by atoms with van der Waals surface area (Å²) >= 11 is 5.91. The highest BCUT2D eigenvalue weighted by molar-refractivity contribution is 6.30. The van der Waals surface area contributed by atoms with Gasteiger partial charge < -0.3 is 10.2 Å². The monoisotopic (exact) mass is 328 g/mol. The number of carbonyl (C=O) groups excluding carboxylic acids is 1. The first-order valence-electron chi connectivity index (χ1n) is 7.95. The van der Waals surface area contributed by atoms with E-state index >= 15 is 0 Å². The van der Waals surface area contributed by atoms with Crippen LogP contribution in [0.5, 0.6) is 0 Å². The molecule has 0 aliphatic carbocycles. The van der Waals surface area contributed by atoms with Crippen molar-refractivity contribution in [1.82, 2.24) is 5.32 Å². The molecular formula is C19H21ClN2O. The maximum atomic E-state index is 12.7. The molecule has 2 aromatic rings. The van der Waals surface area contributed by atoms with Crippen LogP contribution in [0.4, 0.5) is 5.69 Å². The van der Waals surface area contributed by atoms with Gasteiger partial charge in [0.05, 0.1) is 6.54 Å². The number of carbonyl (C=O) groups is 1. The van der Waals surface area contributed by atoms with Crippen molar-refractivity contribution in [2.45, 2.75) is 32.4 Å². The van der Waals surface area contributed by atoms with Crippen LogP contribution in [0.25, 0.3) is 0 Å². The first-order valence-corrected chi connectivity index (χ1v) is 8.33. The minimum Gasteiger partial charge on any atom is -0.308 e. The maximum absolute atomic E-state index is 12.7. The van der Waals surface area contributed by atoms with E-state index in [1.807, 2.05) is 47.4 Å². The van der Waals surface area contributed by atoms with Crippen LogP contribution < -0.4 is 10.2 Å². The Bertz CT molecular complexity index is 699. The Morgan fingerprint density at radius 2 is 1.96 bits per heavy atom. The second-order valence-electron chi connectivity index (χ2n) is 6.10. The Morgan fingerprint density at radius 3 is 2.70 bits per heavy atom. The topological polar surface area (TPSA) is 32.3 Å². The summed E-state index contributed by atoms with van der Waals surface area (Å²) in [4.78, 5) is 14.6. The SMILES string of the molecule is C[C@H](NCC(=O)N1c2ccccc2C[C@@H]1C)c1ccc(Cl)cc1. The van der Waals surface area contributed by atoms with Crippen LogP contribution >= 0.6 is 11.6 Å². The van der Waals surface area contributed by atoms with Gasteiger partial charge in [0.25, 0.3) is 0 Å². The molecule has 1 aliphatic heterocycles. The van der Waals surface area contributed by atoms with Gasteiger partial charge in [-0.2, -0.15) is 0 Å². The molecule has 1 heterocycles. The summed E-state index contributed by atoms with van der Waals surface area (Å²) in [7, 11) is 0. The lowest BCUT2D eigenvalue weighted by molar-refractivity contribution is -0.118. The quantitative estimate of drug-likeness (QED) is 0.921. The number of rotatable bonds is 4. The number of halogens is 1. The molecule has 2 aromatic carbocycles. The Hall–Kier alpha value is -1.84. The van der Waals surface area contributed by atoms with E-state index < -0.39 is 0 Å². The number of hydrogen-bond acceptors (Lipinski definition) is 2. The third kappa shape index (κ3) is 3.41. The van der Waals surface area contributed by atoms with Crippen LogP contribution in [0, 0.1) is 0 Å². The van der Waals surface area contributed by atoms with Crippen LogP contribution in [0.1, 0.15) is 31.0 Å². The first-order chi connectivity index (χ1) is 11.1. The zero-order chi connectivity index (χ0) is 16.4. The highest BCUT2D eigenvalue weighted by atomic mass is 35.5. The van der Waals surface area contributed by atoms with Gasteiger partial charge in [-0.1, -0.05) is 41.9 Å². The summed E-state index contributed by atoms with van der Waals surface area (Å²) in [6.07, 6.45) is 0.925. The molecule has 0 unspecified atom stereocenters. The molecule has 0 bridgehead atoms. The molecule has 1 aliphatic rings. The average Bonchev–Trinajstić information content (AvgIpc) is 2.88. The molecule has 3 rings (SSSR count). The zero-order valence-corrected chi connectivity index (χ0v) is 14.2. The van der Waals surface area contributed by atoms with Crippen molar-refractivity contribution in [3.05, 3.63) is 64.7 Å². The molecule has 1 amide bonds. The van der Waals surface area contributed by atoms with Gasteiger partial charge in [-0.3, -0.25) is 4.79 Å². The fourth-order valence-corrected chi connectivity index (χ4v) is 3.27. The van der Waals surface area contributed by atoms with E-state index in [0.717, 1.165) is 22.7 Å². The van der Waals surface area contributed by atoms with Gasteiger partial charge in [0.15, 0.2) is 0 Å². The van der Waals surface area contributed by atoms with E-state index in [9.17, 15) is 4.79 Å². The van der Waals surface area contributed by atoms with Crippen LogP contribution in [0.15, 0.2) is 48.5 Å². The van der Waals surface area contributed by atoms with Gasteiger partial charge >= 0.3 is 0 Å². The van der Waals surface area contributed by atoms with Crippen molar-refractivity contribution >= 4 is 23.2 Å². The average molecular weight is 329 g/mol. The molecule has 0 aromatic heterocycles. The normalized spacial score (nSPS) is 17.9. The highest BCUT2D eigenvalue weighted by Crippen LogP contribution is 2.31. The molecule has 4 heteroatoms. The third-order valence-electron chi connectivity index (χ3n) is 4.41. The van der Waals surface area contributed by atoms with Crippen LogP contribution in [-0.2, 0) is 11.2 Å². The standard InChI is InChI=1S/C19H21ClN2O/c1-13-11-16-5-3-4-6-18(16)22(13)19(23)12-21-14(2)15-7-9-17(20)10-8-15/h3-10,13-14,21H,11-12H2,1-2H3/t13-,14-/m0/s1. The lowest BCUT2D eigenvalue weighted by atomic mass is 10.1. The van der Waals surface area contributed by atoms with Crippen molar-refractivity contribution in [2.75, 3.05) is 11.4 Å². The van der Waals surface area contributed by atoms with E-state index in [4.69, 9.17) is 11.6 Å². The predicted octanol–water partition coefficient (Wildman–Crippen LogP) is 3.97. The number of anilines is 1. The van der Waals surface area contributed by atoms with E-state index in [1.165, 1.54) is 5.56 Å². The maximum Gasteiger partial charge on any atom is 0.241 e. The highest BCUT2D eigenvalue weighted by Gasteiger charge is 2.30. The predicted molar refractivity (Wildman–Crippen MR) is 95.0 cm³/mol. The van der Waals surface area contributed by atoms with E-state index in [0.29, 0.717) is 6.54 Å². The lowest BCUT2D eigenvalue weighted by Crippen LogP contribution is -2.42. The zero-order valence-electron chi connectivity index (χ0n) is 13.4.